The lowest BCUT2D eigenvalue weighted by molar-refractivity contribution is 0.103. The molecular weight excluding hydrogens is 306 g/mol. The topological polar surface area (TPSA) is 68.0 Å². The molecule has 3 N–H and O–H groups in total. The highest BCUT2D eigenvalue weighted by Crippen LogP contribution is 2.32. The first-order valence-corrected chi connectivity index (χ1v) is 7.58. The van der Waals surface area contributed by atoms with Gasteiger partial charge in [0.25, 0.3) is 5.91 Å². The molecule has 0 saturated heterocycles. The number of fused-ring (bicyclic) bond motifs is 1. The number of thiophene rings is 1. The zero-order chi connectivity index (χ0) is 14.1. The summed E-state index contributed by atoms with van der Waals surface area (Å²) in [5.74, 6) is 1.10. The summed E-state index contributed by atoms with van der Waals surface area (Å²) < 4.78 is 0. The summed E-state index contributed by atoms with van der Waals surface area (Å²) in [6.45, 7) is 2.26. The van der Waals surface area contributed by atoms with Crippen molar-refractivity contribution in [1.29, 1.82) is 0 Å². The number of amides is 1. The van der Waals surface area contributed by atoms with Crippen LogP contribution in [0.1, 0.15) is 33.5 Å². The number of anilines is 2. The van der Waals surface area contributed by atoms with Gasteiger partial charge >= 0.3 is 0 Å². The molecule has 1 aliphatic carbocycles. The predicted molar refractivity (Wildman–Crippen MR) is 89.4 cm³/mol. The predicted octanol–water partition coefficient (Wildman–Crippen LogP) is 3.52. The van der Waals surface area contributed by atoms with Crippen molar-refractivity contribution in [2.75, 3.05) is 11.1 Å². The van der Waals surface area contributed by atoms with Crippen molar-refractivity contribution in [3.63, 3.8) is 0 Å². The maximum Gasteiger partial charge on any atom is 0.265 e. The Morgan fingerprint density at radius 1 is 1.48 bits per heavy atom. The van der Waals surface area contributed by atoms with E-state index in [1.807, 2.05) is 6.07 Å². The zero-order valence-electron chi connectivity index (χ0n) is 11.8. The van der Waals surface area contributed by atoms with Crippen LogP contribution in [0.4, 0.5) is 11.5 Å². The summed E-state index contributed by atoms with van der Waals surface area (Å²) in [4.78, 5) is 18.3. The molecule has 0 fully saturated rings. The van der Waals surface area contributed by atoms with Crippen molar-refractivity contribution in [3.8, 4) is 0 Å². The first-order chi connectivity index (χ1) is 9.61. The van der Waals surface area contributed by atoms with E-state index in [0.717, 1.165) is 17.7 Å². The minimum atomic E-state index is -0.0661. The molecule has 2 aromatic rings. The van der Waals surface area contributed by atoms with E-state index in [4.69, 9.17) is 5.73 Å². The third kappa shape index (κ3) is 3.54. The Hall–Kier alpha value is -1.59. The molecule has 0 aromatic carbocycles. The molecule has 112 valence electrons. The molecule has 4 nitrogen and oxygen atoms in total. The van der Waals surface area contributed by atoms with Gasteiger partial charge in [-0.2, -0.15) is 0 Å². The monoisotopic (exact) mass is 323 g/mol. The third-order valence-electron chi connectivity index (χ3n) is 3.60. The van der Waals surface area contributed by atoms with Crippen LogP contribution in [0.15, 0.2) is 24.4 Å². The van der Waals surface area contributed by atoms with E-state index in [2.05, 4.69) is 17.2 Å². The van der Waals surface area contributed by atoms with E-state index >= 15 is 0 Å². The van der Waals surface area contributed by atoms with Gasteiger partial charge in [-0.1, -0.05) is 6.92 Å². The van der Waals surface area contributed by atoms with Crippen LogP contribution in [0.5, 0.6) is 0 Å². The minimum absolute atomic E-state index is 0. The summed E-state index contributed by atoms with van der Waals surface area (Å²) in [6.07, 6.45) is 4.97. The fourth-order valence-electron chi connectivity index (χ4n) is 2.49. The van der Waals surface area contributed by atoms with Crippen molar-refractivity contribution >= 4 is 41.2 Å². The molecule has 0 saturated carbocycles. The molecule has 0 aliphatic heterocycles. The number of carbonyl (C=O) groups excluding carboxylic acids is 1. The second kappa shape index (κ2) is 6.45. The van der Waals surface area contributed by atoms with Crippen LogP contribution in [0.3, 0.4) is 0 Å². The van der Waals surface area contributed by atoms with E-state index in [0.29, 0.717) is 17.4 Å². The van der Waals surface area contributed by atoms with Crippen LogP contribution in [-0.4, -0.2) is 10.9 Å². The van der Waals surface area contributed by atoms with E-state index < -0.39 is 0 Å². The number of nitrogens with one attached hydrogen (secondary N) is 1. The minimum Gasteiger partial charge on any atom is -0.384 e. The zero-order valence-corrected chi connectivity index (χ0v) is 13.4. The first-order valence-electron chi connectivity index (χ1n) is 6.76. The highest BCUT2D eigenvalue weighted by Gasteiger charge is 2.20. The molecule has 1 aliphatic rings. The summed E-state index contributed by atoms with van der Waals surface area (Å²) in [7, 11) is 0. The highest BCUT2D eigenvalue weighted by molar-refractivity contribution is 7.14. The Morgan fingerprint density at radius 3 is 3.00 bits per heavy atom. The standard InChI is InChI=1S/C15H17N3OS.ClH/c1-9-2-4-12-10(6-9)7-13(20-12)15(19)18-11-3-5-14(16)17-8-11;/h3,5,7-9H,2,4,6H2,1H3,(H2,16,17)(H,18,19);1H. The molecule has 1 atom stereocenters. The molecule has 21 heavy (non-hydrogen) atoms. The van der Waals surface area contributed by atoms with Crippen molar-refractivity contribution < 1.29 is 4.79 Å². The molecular formula is C15H18ClN3OS. The Bertz CT molecular complexity index is 639. The van der Waals surface area contributed by atoms with Gasteiger partial charge in [0, 0.05) is 4.88 Å². The fraction of sp³-hybridized carbons (Fsp3) is 0.333. The van der Waals surface area contributed by atoms with Crippen LogP contribution in [0, 0.1) is 5.92 Å². The van der Waals surface area contributed by atoms with Crippen LogP contribution in [-0.2, 0) is 12.8 Å². The van der Waals surface area contributed by atoms with Gasteiger partial charge in [-0.15, -0.1) is 23.7 Å². The SMILES string of the molecule is CC1CCc2sc(C(=O)Nc3ccc(N)nc3)cc2C1.Cl. The number of rotatable bonds is 2. The van der Waals surface area contributed by atoms with Gasteiger partial charge in [-0.25, -0.2) is 4.98 Å². The number of halogens is 1. The third-order valence-corrected chi connectivity index (χ3v) is 4.83. The summed E-state index contributed by atoms with van der Waals surface area (Å²) in [5, 5.41) is 2.86. The molecule has 1 unspecified atom stereocenters. The maximum absolute atomic E-state index is 12.2. The lowest BCUT2D eigenvalue weighted by Crippen LogP contribution is -2.10. The number of nitrogens with zero attached hydrogens (tertiary/aromatic N) is 1. The quantitative estimate of drug-likeness (QED) is 0.888. The number of hydrogen-bond donors (Lipinski definition) is 2. The normalized spacial score (nSPS) is 16.7. The number of carbonyl (C=O) groups is 1. The van der Waals surface area contributed by atoms with Gasteiger partial charge in [0.15, 0.2) is 0 Å². The number of nitrogen functional groups attached to an aromatic ring is 1. The number of aryl methyl sites for hydroxylation is 1. The molecule has 0 spiro atoms. The lowest BCUT2D eigenvalue weighted by atomic mass is 9.90. The average Bonchev–Trinajstić information content (AvgIpc) is 2.84. The number of aromatic nitrogens is 1. The van der Waals surface area contributed by atoms with Gasteiger partial charge < -0.3 is 11.1 Å². The van der Waals surface area contributed by atoms with Gasteiger partial charge in [0.1, 0.15) is 5.82 Å². The Morgan fingerprint density at radius 2 is 2.29 bits per heavy atom. The summed E-state index contributed by atoms with van der Waals surface area (Å²) in [5.41, 5.74) is 7.54. The maximum atomic E-state index is 12.2. The van der Waals surface area contributed by atoms with Crippen LogP contribution < -0.4 is 11.1 Å². The second-order valence-corrected chi connectivity index (χ2v) is 6.47. The van der Waals surface area contributed by atoms with Gasteiger partial charge in [-0.05, 0) is 48.9 Å². The van der Waals surface area contributed by atoms with E-state index in [-0.39, 0.29) is 18.3 Å². The highest BCUT2D eigenvalue weighted by atomic mass is 35.5. The molecule has 2 aromatic heterocycles. The Balaban J connectivity index is 0.00000161. The van der Waals surface area contributed by atoms with Crippen LogP contribution in [0.2, 0.25) is 0 Å². The van der Waals surface area contributed by atoms with Crippen molar-refractivity contribution in [2.45, 2.75) is 26.2 Å². The van der Waals surface area contributed by atoms with Crippen LogP contribution >= 0.6 is 23.7 Å². The number of nitrogens with two attached hydrogens (primary N) is 1. The largest absolute Gasteiger partial charge is 0.384 e. The Labute approximate surface area is 134 Å². The number of pyridine rings is 1. The molecule has 0 radical (unpaired) electrons. The lowest BCUT2D eigenvalue weighted by Gasteiger charge is -2.16. The van der Waals surface area contributed by atoms with Gasteiger partial charge in [-0.3, -0.25) is 4.79 Å². The average molecular weight is 324 g/mol. The summed E-state index contributed by atoms with van der Waals surface area (Å²) in [6, 6.07) is 5.47. The molecule has 1 amide bonds. The Kier molecular flexibility index (Phi) is 4.85. The first kappa shape index (κ1) is 15.8. The number of hydrogen-bond acceptors (Lipinski definition) is 4. The van der Waals surface area contributed by atoms with Crippen molar-refractivity contribution in [1.82, 2.24) is 4.98 Å². The van der Waals surface area contributed by atoms with E-state index in [1.165, 1.54) is 16.9 Å². The van der Waals surface area contributed by atoms with Crippen LogP contribution in [0.25, 0.3) is 0 Å². The molecule has 0 bridgehead atoms. The fourth-order valence-corrected chi connectivity index (χ4v) is 3.59. The molecule has 2 heterocycles. The summed E-state index contributed by atoms with van der Waals surface area (Å²) >= 11 is 1.61. The van der Waals surface area contributed by atoms with Crippen molar-refractivity contribution in [2.24, 2.45) is 5.92 Å². The van der Waals surface area contributed by atoms with E-state index in [9.17, 15) is 4.79 Å². The second-order valence-electron chi connectivity index (χ2n) is 5.33. The van der Waals surface area contributed by atoms with Crippen molar-refractivity contribution in [3.05, 3.63) is 39.7 Å². The van der Waals surface area contributed by atoms with E-state index in [1.54, 1.807) is 29.7 Å². The van der Waals surface area contributed by atoms with Gasteiger partial charge in [0.2, 0.25) is 0 Å². The molecule has 3 rings (SSSR count). The smallest absolute Gasteiger partial charge is 0.265 e. The van der Waals surface area contributed by atoms with Gasteiger partial charge in [0.05, 0.1) is 16.8 Å². The molecule has 6 heteroatoms.